The smallest absolute Gasteiger partial charge is 0.261 e. The Bertz CT molecular complexity index is 946. The summed E-state index contributed by atoms with van der Waals surface area (Å²) in [6.07, 6.45) is 0. The molecule has 0 saturated heterocycles. The lowest BCUT2D eigenvalue weighted by Gasteiger charge is -2.30. The molecule has 2 amide bonds. The molecular weight excluding hydrogens is 515 g/mol. The highest BCUT2D eigenvalue weighted by atomic mass is 79.9. The van der Waals surface area contributed by atoms with Gasteiger partial charge in [-0.25, -0.2) is 0 Å². The van der Waals surface area contributed by atoms with Crippen molar-refractivity contribution in [1.82, 2.24) is 10.2 Å². The van der Waals surface area contributed by atoms with Gasteiger partial charge in [-0.15, -0.1) is 0 Å². The molecule has 5 nitrogen and oxygen atoms in total. The van der Waals surface area contributed by atoms with Gasteiger partial charge in [0, 0.05) is 28.2 Å². The van der Waals surface area contributed by atoms with Crippen LogP contribution in [-0.4, -0.2) is 35.4 Å². The van der Waals surface area contributed by atoms with E-state index in [1.165, 1.54) is 4.90 Å². The SMILES string of the molecule is CC(C)NC(=O)[C@H](C)N(Cc1c(Cl)cccc1Cl)C(=O)COc1ccc(C(C)C)cc1Br. The average Bonchev–Trinajstić information content (AvgIpc) is 2.71. The van der Waals surface area contributed by atoms with E-state index < -0.39 is 6.04 Å². The fourth-order valence-electron chi connectivity index (χ4n) is 3.06. The monoisotopic (exact) mass is 542 g/mol. The van der Waals surface area contributed by atoms with Gasteiger partial charge in [0.05, 0.1) is 4.47 Å². The third-order valence-electron chi connectivity index (χ3n) is 4.96. The van der Waals surface area contributed by atoms with Crippen molar-refractivity contribution in [3.63, 3.8) is 0 Å². The van der Waals surface area contributed by atoms with Crippen LogP contribution in [0, 0.1) is 0 Å². The van der Waals surface area contributed by atoms with Crippen LogP contribution in [-0.2, 0) is 16.1 Å². The Morgan fingerprint density at radius 2 is 1.69 bits per heavy atom. The maximum absolute atomic E-state index is 13.2. The highest BCUT2D eigenvalue weighted by Gasteiger charge is 2.28. The molecule has 0 aromatic heterocycles. The Kier molecular flexibility index (Phi) is 9.86. The van der Waals surface area contributed by atoms with E-state index >= 15 is 0 Å². The second-order valence-corrected chi connectivity index (χ2v) is 9.86. The molecule has 8 heteroatoms. The fourth-order valence-corrected chi connectivity index (χ4v) is 4.09. The van der Waals surface area contributed by atoms with E-state index in [4.69, 9.17) is 27.9 Å². The molecule has 0 aliphatic rings. The van der Waals surface area contributed by atoms with Crippen molar-refractivity contribution in [2.75, 3.05) is 6.61 Å². The quantitative estimate of drug-likeness (QED) is 0.409. The third kappa shape index (κ3) is 7.12. The zero-order chi connectivity index (χ0) is 24.0. The summed E-state index contributed by atoms with van der Waals surface area (Å²) in [5.74, 6) is 0.308. The van der Waals surface area contributed by atoms with Gasteiger partial charge in [0.25, 0.3) is 5.91 Å². The number of rotatable bonds is 9. The first kappa shape index (κ1) is 26.5. The molecule has 0 bridgehead atoms. The van der Waals surface area contributed by atoms with E-state index in [1.807, 2.05) is 32.0 Å². The molecule has 174 valence electrons. The van der Waals surface area contributed by atoms with Crippen molar-refractivity contribution in [3.05, 3.63) is 62.0 Å². The van der Waals surface area contributed by atoms with E-state index in [9.17, 15) is 9.59 Å². The fraction of sp³-hybridized carbons (Fsp3) is 0.417. The molecule has 1 atom stereocenters. The summed E-state index contributed by atoms with van der Waals surface area (Å²) < 4.78 is 6.55. The van der Waals surface area contributed by atoms with Gasteiger partial charge in [0.15, 0.2) is 6.61 Å². The molecule has 2 rings (SSSR count). The van der Waals surface area contributed by atoms with E-state index in [1.54, 1.807) is 25.1 Å². The highest BCUT2D eigenvalue weighted by Crippen LogP contribution is 2.30. The van der Waals surface area contributed by atoms with Crippen molar-refractivity contribution >= 4 is 50.9 Å². The minimum atomic E-state index is -0.743. The Morgan fingerprint density at radius 1 is 1.06 bits per heavy atom. The molecule has 0 heterocycles. The van der Waals surface area contributed by atoms with Gasteiger partial charge >= 0.3 is 0 Å². The summed E-state index contributed by atoms with van der Waals surface area (Å²) >= 11 is 16.1. The van der Waals surface area contributed by atoms with Crippen molar-refractivity contribution in [3.8, 4) is 5.75 Å². The van der Waals surface area contributed by atoms with Crippen LogP contribution in [0.4, 0.5) is 0 Å². The maximum Gasteiger partial charge on any atom is 0.261 e. The molecule has 0 spiro atoms. The average molecular weight is 544 g/mol. The van der Waals surface area contributed by atoms with Crippen LogP contribution in [0.3, 0.4) is 0 Å². The van der Waals surface area contributed by atoms with Gasteiger partial charge < -0.3 is 15.0 Å². The number of amides is 2. The zero-order valence-electron chi connectivity index (χ0n) is 18.9. The normalized spacial score (nSPS) is 12.1. The van der Waals surface area contributed by atoms with Crippen LogP contribution >= 0.6 is 39.1 Å². The Labute approximate surface area is 208 Å². The largest absolute Gasteiger partial charge is 0.483 e. The van der Waals surface area contributed by atoms with Gasteiger partial charge in [-0.05, 0) is 72.4 Å². The van der Waals surface area contributed by atoms with Crippen LogP contribution in [0.15, 0.2) is 40.9 Å². The number of halogens is 3. The molecule has 2 aromatic rings. The summed E-state index contributed by atoms with van der Waals surface area (Å²) in [5.41, 5.74) is 1.74. The zero-order valence-corrected chi connectivity index (χ0v) is 22.0. The van der Waals surface area contributed by atoms with Crippen LogP contribution < -0.4 is 10.1 Å². The first-order valence-corrected chi connectivity index (χ1v) is 12.0. The van der Waals surface area contributed by atoms with E-state index in [0.29, 0.717) is 27.3 Å². The van der Waals surface area contributed by atoms with Crippen molar-refractivity contribution < 1.29 is 14.3 Å². The highest BCUT2D eigenvalue weighted by molar-refractivity contribution is 9.10. The third-order valence-corrected chi connectivity index (χ3v) is 6.29. The molecule has 0 saturated carbocycles. The van der Waals surface area contributed by atoms with Gasteiger partial charge in [0.1, 0.15) is 11.8 Å². The summed E-state index contributed by atoms with van der Waals surface area (Å²) in [7, 11) is 0. The van der Waals surface area contributed by atoms with Crippen LogP contribution in [0.1, 0.15) is 51.7 Å². The molecule has 32 heavy (non-hydrogen) atoms. The lowest BCUT2D eigenvalue weighted by Crippen LogP contribution is -2.50. The van der Waals surface area contributed by atoms with Gasteiger partial charge in [0.2, 0.25) is 5.91 Å². The van der Waals surface area contributed by atoms with E-state index in [-0.39, 0.29) is 31.0 Å². The number of nitrogens with zero attached hydrogens (tertiary/aromatic N) is 1. The number of hydrogen-bond acceptors (Lipinski definition) is 3. The molecule has 2 aromatic carbocycles. The number of carbonyl (C=O) groups excluding carboxylic acids is 2. The maximum atomic E-state index is 13.2. The Hall–Kier alpha value is -1.76. The standard InChI is InChI=1S/C24H29BrCl2N2O3/c1-14(2)17-9-10-22(19(25)11-17)32-13-23(30)29(16(5)24(31)28-15(3)4)12-18-20(26)7-6-8-21(18)27/h6-11,14-16H,12-13H2,1-5H3,(H,28,31)/t16-/m0/s1. The van der Waals surface area contributed by atoms with E-state index in [0.717, 1.165) is 10.0 Å². The van der Waals surface area contributed by atoms with Crippen molar-refractivity contribution in [2.24, 2.45) is 0 Å². The number of benzene rings is 2. The van der Waals surface area contributed by atoms with Crippen molar-refractivity contribution in [2.45, 2.75) is 59.2 Å². The second-order valence-electron chi connectivity index (χ2n) is 8.19. The first-order chi connectivity index (χ1) is 15.0. The van der Waals surface area contributed by atoms with Gasteiger partial charge in [-0.2, -0.15) is 0 Å². The summed E-state index contributed by atoms with van der Waals surface area (Å²) in [4.78, 5) is 27.3. The van der Waals surface area contributed by atoms with Crippen molar-refractivity contribution in [1.29, 1.82) is 0 Å². The number of nitrogens with one attached hydrogen (secondary N) is 1. The molecule has 0 aliphatic carbocycles. The van der Waals surface area contributed by atoms with Crippen LogP contribution in [0.2, 0.25) is 10.0 Å². The summed E-state index contributed by atoms with van der Waals surface area (Å²) in [6.45, 7) is 9.46. The second kappa shape index (κ2) is 11.9. The number of hydrogen-bond donors (Lipinski definition) is 1. The molecule has 1 N–H and O–H groups in total. The Balaban J connectivity index is 2.24. The molecule has 0 unspecified atom stereocenters. The first-order valence-electron chi connectivity index (χ1n) is 10.5. The topological polar surface area (TPSA) is 58.6 Å². The minimum Gasteiger partial charge on any atom is -0.483 e. The predicted molar refractivity (Wildman–Crippen MR) is 133 cm³/mol. The lowest BCUT2D eigenvalue weighted by atomic mass is 10.0. The molecule has 0 fully saturated rings. The summed E-state index contributed by atoms with van der Waals surface area (Å²) in [5, 5.41) is 3.71. The van der Waals surface area contributed by atoms with Crippen LogP contribution in [0.25, 0.3) is 0 Å². The molecular formula is C24H29BrCl2N2O3. The van der Waals surface area contributed by atoms with Crippen LogP contribution in [0.5, 0.6) is 5.75 Å². The van der Waals surface area contributed by atoms with E-state index in [2.05, 4.69) is 35.1 Å². The summed E-state index contributed by atoms with van der Waals surface area (Å²) in [6, 6.07) is 10.1. The Morgan fingerprint density at radius 3 is 2.22 bits per heavy atom. The predicted octanol–water partition coefficient (Wildman–Crippen LogP) is 6.20. The molecule has 0 aliphatic heterocycles. The lowest BCUT2D eigenvalue weighted by molar-refractivity contribution is -0.142. The van der Waals surface area contributed by atoms with Gasteiger partial charge in [-0.3, -0.25) is 9.59 Å². The van der Waals surface area contributed by atoms with Gasteiger partial charge in [-0.1, -0.05) is 49.2 Å². The number of ether oxygens (including phenoxy) is 1. The molecule has 0 radical (unpaired) electrons. The minimum absolute atomic E-state index is 0.0579. The number of carbonyl (C=O) groups is 2.